The molecule has 1 aliphatic heterocycles. The molecule has 29 heavy (non-hydrogen) atoms. The Balaban J connectivity index is 2.24. The summed E-state index contributed by atoms with van der Waals surface area (Å²) in [5, 5.41) is 2.83. The third kappa shape index (κ3) is 4.56. The van der Waals surface area contributed by atoms with E-state index in [-0.39, 0.29) is 34.5 Å². The maximum absolute atomic E-state index is 13.3. The quantitative estimate of drug-likeness (QED) is 0.628. The summed E-state index contributed by atoms with van der Waals surface area (Å²) in [6, 6.07) is -1.38. The molecule has 0 bridgehead atoms. The number of carbonyl (C=O) groups excluding carboxylic acids is 4. The maximum atomic E-state index is 13.3. The van der Waals surface area contributed by atoms with Gasteiger partial charge in [0.2, 0.25) is 17.6 Å². The highest BCUT2D eigenvalue weighted by Gasteiger charge is 2.69. The molecule has 1 N–H and O–H groups in total. The number of hydrogen-bond donors (Lipinski definition) is 1. The summed E-state index contributed by atoms with van der Waals surface area (Å²) in [5.41, 5.74) is -0.193. The molecule has 2 amide bonds. The molecule has 0 unspecified atom stereocenters. The first-order valence-corrected chi connectivity index (χ1v) is 10.9. The summed E-state index contributed by atoms with van der Waals surface area (Å²) in [5.74, 6) is -1.23. The van der Waals surface area contributed by atoms with Crippen molar-refractivity contribution in [2.45, 2.75) is 86.7 Å². The van der Waals surface area contributed by atoms with Gasteiger partial charge in [0.05, 0.1) is 6.04 Å². The summed E-state index contributed by atoms with van der Waals surface area (Å²) in [6.45, 7) is 16.1. The van der Waals surface area contributed by atoms with Gasteiger partial charge in [0.25, 0.3) is 0 Å². The third-order valence-corrected chi connectivity index (χ3v) is 7.26. The minimum atomic E-state index is -0.808. The van der Waals surface area contributed by atoms with Crippen molar-refractivity contribution in [1.82, 2.24) is 10.2 Å². The Kier molecular flexibility index (Phi) is 6.65. The molecule has 0 aromatic rings. The van der Waals surface area contributed by atoms with E-state index >= 15 is 0 Å². The second kappa shape index (κ2) is 8.19. The van der Waals surface area contributed by atoms with Crippen molar-refractivity contribution in [2.75, 3.05) is 6.54 Å². The predicted octanol–water partition coefficient (Wildman–Crippen LogP) is 2.98. The Hall–Kier alpha value is -1.72. The second-order valence-electron chi connectivity index (χ2n) is 10.6. The van der Waals surface area contributed by atoms with Crippen LogP contribution in [0, 0.1) is 28.6 Å². The normalized spacial score (nSPS) is 27.0. The lowest BCUT2D eigenvalue weighted by Gasteiger charge is -2.36. The molecule has 1 aliphatic carbocycles. The van der Waals surface area contributed by atoms with Gasteiger partial charge in [-0.05, 0) is 29.1 Å². The maximum Gasteiger partial charge on any atom is 0.243 e. The van der Waals surface area contributed by atoms with E-state index in [0.29, 0.717) is 18.9 Å². The fraction of sp³-hybridized carbons (Fsp3) is 0.826. The predicted molar refractivity (Wildman–Crippen MR) is 112 cm³/mol. The van der Waals surface area contributed by atoms with Gasteiger partial charge >= 0.3 is 0 Å². The van der Waals surface area contributed by atoms with Gasteiger partial charge in [-0.25, -0.2) is 0 Å². The number of piperidine rings is 1. The lowest BCUT2D eigenvalue weighted by Crippen LogP contribution is -2.55. The van der Waals surface area contributed by atoms with Gasteiger partial charge in [0.15, 0.2) is 5.78 Å². The van der Waals surface area contributed by atoms with E-state index in [2.05, 4.69) is 19.2 Å². The lowest BCUT2D eigenvalue weighted by atomic mass is 9.81. The van der Waals surface area contributed by atoms with Crippen molar-refractivity contribution >= 4 is 23.4 Å². The van der Waals surface area contributed by atoms with Gasteiger partial charge in [0, 0.05) is 19.4 Å². The minimum Gasteiger partial charge on any atom is -0.344 e. The Morgan fingerprint density at radius 3 is 2.24 bits per heavy atom. The van der Waals surface area contributed by atoms with E-state index in [1.54, 1.807) is 4.90 Å². The summed E-state index contributed by atoms with van der Waals surface area (Å²) in [6.07, 6.45) is 2.06. The van der Waals surface area contributed by atoms with Crippen LogP contribution in [0.25, 0.3) is 0 Å². The first-order chi connectivity index (χ1) is 13.2. The van der Waals surface area contributed by atoms with Gasteiger partial charge in [-0.1, -0.05) is 61.3 Å². The molecule has 1 saturated heterocycles. The van der Waals surface area contributed by atoms with Crippen molar-refractivity contribution in [2.24, 2.45) is 28.6 Å². The summed E-state index contributed by atoms with van der Waals surface area (Å²) in [7, 11) is 0. The number of nitrogens with one attached hydrogen (secondary N) is 1. The molecular weight excluding hydrogens is 368 g/mol. The van der Waals surface area contributed by atoms with Crippen LogP contribution in [0.4, 0.5) is 0 Å². The molecule has 6 nitrogen and oxygen atoms in total. The fourth-order valence-corrected chi connectivity index (χ4v) is 4.61. The Morgan fingerprint density at radius 2 is 1.76 bits per heavy atom. The van der Waals surface area contributed by atoms with Crippen molar-refractivity contribution in [3.63, 3.8) is 0 Å². The molecule has 0 aromatic carbocycles. The zero-order valence-corrected chi connectivity index (χ0v) is 19.3. The van der Waals surface area contributed by atoms with Crippen LogP contribution in [0.2, 0.25) is 0 Å². The highest BCUT2D eigenvalue weighted by atomic mass is 16.2. The van der Waals surface area contributed by atoms with E-state index in [4.69, 9.17) is 0 Å². The molecule has 1 saturated carbocycles. The topological polar surface area (TPSA) is 83.6 Å². The van der Waals surface area contributed by atoms with Gasteiger partial charge in [0.1, 0.15) is 6.04 Å². The Labute approximate surface area is 175 Å². The van der Waals surface area contributed by atoms with Crippen LogP contribution in [0.1, 0.15) is 74.7 Å². The SMILES string of the molecule is CCCC[C@@H](NC(=O)[C@@H]1[C@@H]2[C@H](CN1C(=O)[C@@H](C)C(C)(C)C)C2(C)C)C(=O)C(C)=O. The lowest BCUT2D eigenvalue weighted by molar-refractivity contribution is -0.146. The van der Waals surface area contributed by atoms with Crippen LogP contribution in [0.5, 0.6) is 0 Å². The van der Waals surface area contributed by atoms with Crippen LogP contribution in [0.15, 0.2) is 0 Å². The van der Waals surface area contributed by atoms with Gasteiger partial charge in [-0.2, -0.15) is 0 Å². The third-order valence-electron chi connectivity index (χ3n) is 7.26. The Morgan fingerprint density at radius 1 is 1.17 bits per heavy atom. The van der Waals surface area contributed by atoms with Crippen LogP contribution in [-0.2, 0) is 19.2 Å². The number of rotatable bonds is 8. The molecule has 2 fully saturated rings. The molecule has 0 spiro atoms. The number of carbonyl (C=O) groups is 4. The van der Waals surface area contributed by atoms with Crippen molar-refractivity contribution in [1.29, 1.82) is 0 Å². The van der Waals surface area contributed by atoms with Gasteiger partial charge < -0.3 is 10.2 Å². The Bertz CT molecular complexity index is 691. The molecule has 164 valence electrons. The van der Waals surface area contributed by atoms with Crippen LogP contribution >= 0.6 is 0 Å². The van der Waals surface area contributed by atoms with E-state index in [1.807, 2.05) is 34.6 Å². The largest absolute Gasteiger partial charge is 0.344 e. The molecule has 0 radical (unpaired) electrons. The monoisotopic (exact) mass is 406 g/mol. The van der Waals surface area contributed by atoms with Crippen LogP contribution < -0.4 is 5.32 Å². The smallest absolute Gasteiger partial charge is 0.243 e. The number of hydrogen-bond acceptors (Lipinski definition) is 4. The molecule has 2 aliphatic rings. The van der Waals surface area contributed by atoms with E-state index in [9.17, 15) is 19.2 Å². The van der Waals surface area contributed by atoms with E-state index in [1.165, 1.54) is 6.92 Å². The molecule has 1 heterocycles. The van der Waals surface area contributed by atoms with Gasteiger partial charge in [-0.15, -0.1) is 0 Å². The van der Waals surface area contributed by atoms with Crippen molar-refractivity contribution in [3.05, 3.63) is 0 Å². The number of ketones is 2. The highest BCUT2D eigenvalue weighted by molar-refractivity contribution is 6.38. The number of likely N-dealkylation sites (tertiary alicyclic amines) is 1. The zero-order valence-electron chi connectivity index (χ0n) is 19.3. The fourth-order valence-electron chi connectivity index (χ4n) is 4.61. The van der Waals surface area contributed by atoms with E-state index in [0.717, 1.165) is 12.8 Å². The second-order valence-corrected chi connectivity index (χ2v) is 10.6. The molecule has 5 atom stereocenters. The molecule has 6 heteroatoms. The minimum absolute atomic E-state index is 0.00720. The molecular formula is C23H38N2O4. The first kappa shape index (κ1) is 23.6. The van der Waals surface area contributed by atoms with Crippen molar-refractivity contribution in [3.8, 4) is 0 Å². The standard InChI is InChI=1S/C23H38N2O4/c1-9-10-11-16(19(27)14(3)26)24-20(28)18-17-15(23(17,7)8)12-25(18)21(29)13(2)22(4,5)6/h13,15-18H,9-12H2,1-8H3,(H,24,28)/t13-,15+,16-,17+,18+/m1/s1. The van der Waals surface area contributed by atoms with Gasteiger partial charge in [-0.3, -0.25) is 19.2 Å². The average molecular weight is 407 g/mol. The summed E-state index contributed by atoms with van der Waals surface area (Å²) >= 11 is 0. The molecule has 0 aromatic heterocycles. The first-order valence-electron chi connectivity index (χ1n) is 10.9. The number of amides is 2. The number of unbranched alkanes of at least 4 members (excludes halogenated alkanes) is 1. The zero-order chi connectivity index (χ0) is 22.3. The van der Waals surface area contributed by atoms with Crippen molar-refractivity contribution < 1.29 is 19.2 Å². The number of fused-ring (bicyclic) bond motifs is 1. The summed E-state index contributed by atoms with van der Waals surface area (Å²) < 4.78 is 0. The number of Topliss-reactive ketones (excluding diaryl/α,β-unsaturated/α-hetero) is 2. The number of nitrogens with zero attached hydrogens (tertiary/aromatic N) is 1. The highest BCUT2D eigenvalue weighted by Crippen LogP contribution is 2.65. The molecule has 2 rings (SSSR count). The average Bonchev–Trinajstić information content (AvgIpc) is 2.96. The van der Waals surface area contributed by atoms with E-state index < -0.39 is 23.7 Å². The van der Waals surface area contributed by atoms with Crippen LogP contribution in [0.3, 0.4) is 0 Å². The van der Waals surface area contributed by atoms with Crippen LogP contribution in [-0.4, -0.2) is 46.9 Å². The summed E-state index contributed by atoms with van der Waals surface area (Å²) in [4.78, 5) is 52.2.